The third-order valence-corrected chi connectivity index (χ3v) is 3.02. The maximum Gasteiger partial charge on any atom is 0.259 e. The first-order valence-electron chi connectivity index (χ1n) is 6.39. The number of hydrogen-bond donors (Lipinski definition) is 2. The molecule has 2 N–H and O–H groups in total. The van der Waals surface area contributed by atoms with Crippen LogP contribution in [0.25, 0.3) is 0 Å². The first-order valence-corrected chi connectivity index (χ1v) is 6.39. The monoisotopic (exact) mass is 245 g/mol. The Labute approximate surface area is 107 Å². The molecule has 0 bridgehead atoms. The summed E-state index contributed by atoms with van der Waals surface area (Å²) in [5, 5.41) is 7.19. The SMILES string of the molecule is Cc1ccc(NCC(=O)NN=C2CCCC2)cc1. The molecule has 0 atom stereocenters. The van der Waals surface area contributed by atoms with E-state index in [-0.39, 0.29) is 12.5 Å². The quantitative estimate of drug-likeness (QED) is 0.801. The highest BCUT2D eigenvalue weighted by Crippen LogP contribution is 2.13. The van der Waals surface area contributed by atoms with Crippen molar-refractivity contribution in [2.24, 2.45) is 5.10 Å². The van der Waals surface area contributed by atoms with Gasteiger partial charge in [0.25, 0.3) is 5.91 Å². The average molecular weight is 245 g/mol. The molecule has 1 saturated carbocycles. The number of carbonyl (C=O) groups is 1. The summed E-state index contributed by atoms with van der Waals surface area (Å²) in [6.45, 7) is 2.29. The number of anilines is 1. The minimum Gasteiger partial charge on any atom is -0.376 e. The molecule has 1 aliphatic rings. The zero-order chi connectivity index (χ0) is 12.8. The number of hydrazone groups is 1. The van der Waals surface area contributed by atoms with Gasteiger partial charge in [-0.25, -0.2) is 5.43 Å². The summed E-state index contributed by atoms with van der Waals surface area (Å²) in [5.74, 6) is -0.102. The van der Waals surface area contributed by atoms with Gasteiger partial charge in [-0.2, -0.15) is 5.10 Å². The molecule has 0 spiro atoms. The lowest BCUT2D eigenvalue weighted by Gasteiger charge is -2.05. The van der Waals surface area contributed by atoms with E-state index in [1.54, 1.807) is 0 Å². The predicted octanol–water partition coefficient (Wildman–Crippen LogP) is 2.45. The van der Waals surface area contributed by atoms with E-state index in [2.05, 4.69) is 15.8 Å². The molecular weight excluding hydrogens is 226 g/mol. The van der Waals surface area contributed by atoms with E-state index >= 15 is 0 Å². The molecule has 2 rings (SSSR count). The largest absolute Gasteiger partial charge is 0.376 e. The van der Waals surface area contributed by atoms with Crippen molar-refractivity contribution in [1.29, 1.82) is 0 Å². The number of nitrogens with zero attached hydrogens (tertiary/aromatic N) is 1. The summed E-state index contributed by atoms with van der Waals surface area (Å²) in [6.07, 6.45) is 4.42. The topological polar surface area (TPSA) is 53.5 Å². The zero-order valence-corrected chi connectivity index (χ0v) is 10.7. The van der Waals surface area contributed by atoms with Gasteiger partial charge >= 0.3 is 0 Å². The zero-order valence-electron chi connectivity index (χ0n) is 10.7. The van der Waals surface area contributed by atoms with Crippen LogP contribution in [0, 0.1) is 6.92 Å². The Bertz CT molecular complexity index is 429. The lowest BCUT2D eigenvalue weighted by Crippen LogP contribution is -2.26. The smallest absolute Gasteiger partial charge is 0.259 e. The lowest BCUT2D eigenvalue weighted by atomic mass is 10.2. The number of nitrogens with one attached hydrogen (secondary N) is 2. The molecule has 0 aromatic heterocycles. The number of benzene rings is 1. The highest BCUT2D eigenvalue weighted by atomic mass is 16.2. The molecule has 0 saturated heterocycles. The minimum absolute atomic E-state index is 0.102. The van der Waals surface area contributed by atoms with Crippen molar-refractivity contribution in [3.8, 4) is 0 Å². The number of hydrogen-bond acceptors (Lipinski definition) is 3. The molecule has 1 fully saturated rings. The van der Waals surface area contributed by atoms with Gasteiger partial charge in [0.15, 0.2) is 0 Å². The van der Waals surface area contributed by atoms with Crippen molar-refractivity contribution in [2.75, 3.05) is 11.9 Å². The summed E-state index contributed by atoms with van der Waals surface area (Å²) in [6, 6.07) is 7.95. The molecule has 0 aliphatic heterocycles. The van der Waals surface area contributed by atoms with Crippen LogP contribution in [0.15, 0.2) is 29.4 Å². The summed E-state index contributed by atoms with van der Waals surface area (Å²) in [4.78, 5) is 11.6. The van der Waals surface area contributed by atoms with Gasteiger partial charge < -0.3 is 5.32 Å². The van der Waals surface area contributed by atoms with Gasteiger partial charge in [0, 0.05) is 11.4 Å². The van der Waals surface area contributed by atoms with E-state index < -0.39 is 0 Å². The Morgan fingerprint density at radius 2 is 1.89 bits per heavy atom. The van der Waals surface area contributed by atoms with Crippen LogP contribution in [0.1, 0.15) is 31.2 Å². The van der Waals surface area contributed by atoms with E-state index in [9.17, 15) is 4.79 Å². The first-order chi connectivity index (χ1) is 8.74. The Hall–Kier alpha value is -1.84. The van der Waals surface area contributed by atoms with Crippen LogP contribution in [0.4, 0.5) is 5.69 Å². The number of carbonyl (C=O) groups excluding carboxylic acids is 1. The standard InChI is InChI=1S/C14H19N3O/c1-11-6-8-12(9-7-11)15-10-14(18)17-16-13-4-2-3-5-13/h6-9,15H,2-5,10H2,1H3,(H,17,18). The fourth-order valence-corrected chi connectivity index (χ4v) is 1.93. The van der Waals surface area contributed by atoms with Gasteiger partial charge in [-0.3, -0.25) is 4.79 Å². The van der Waals surface area contributed by atoms with Crippen molar-refractivity contribution in [1.82, 2.24) is 5.43 Å². The fraction of sp³-hybridized carbons (Fsp3) is 0.429. The summed E-state index contributed by atoms with van der Waals surface area (Å²) in [7, 11) is 0. The molecule has 1 aromatic carbocycles. The van der Waals surface area contributed by atoms with E-state index in [1.807, 2.05) is 31.2 Å². The maximum atomic E-state index is 11.6. The second-order valence-corrected chi connectivity index (χ2v) is 4.64. The van der Waals surface area contributed by atoms with Crippen molar-refractivity contribution >= 4 is 17.3 Å². The second kappa shape index (κ2) is 6.19. The van der Waals surface area contributed by atoms with Crippen LogP contribution in [0.5, 0.6) is 0 Å². The molecule has 18 heavy (non-hydrogen) atoms. The fourth-order valence-electron chi connectivity index (χ4n) is 1.93. The van der Waals surface area contributed by atoms with Crippen LogP contribution in [-0.2, 0) is 4.79 Å². The first kappa shape index (κ1) is 12.6. The molecule has 96 valence electrons. The van der Waals surface area contributed by atoms with Gasteiger partial charge in [-0.1, -0.05) is 17.7 Å². The molecular formula is C14H19N3O. The highest BCUT2D eigenvalue weighted by molar-refractivity contribution is 5.88. The number of amides is 1. The third kappa shape index (κ3) is 3.87. The average Bonchev–Trinajstić information content (AvgIpc) is 2.89. The van der Waals surface area contributed by atoms with E-state index in [0.29, 0.717) is 0 Å². The van der Waals surface area contributed by atoms with Crippen molar-refractivity contribution in [3.05, 3.63) is 29.8 Å². The van der Waals surface area contributed by atoms with Gasteiger partial charge in [0.1, 0.15) is 0 Å². The Morgan fingerprint density at radius 3 is 2.56 bits per heavy atom. The minimum atomic E-state index is -0.102. The van der Waals surface area contributed by atoms with Crippen molar-refractivity contribution in [3.63, 3.8) is 0 Å². The van der Waals surface area contributed by atoms with Gasteiger partial charge in [-0.05, 0) is 44.7 Å². The predicted molar refractivity (Wildman–Crippen MR) is 73.7 cm³/mol. The van der Waals surface area contributed by atoms with Crippen LogP contribution >= 0.6 is 0 Å². The Morgan fingerprint density at radius 1 is 1.22 bits per heavy atom. The molecule has 1 aromatic rings. The van der Waals surface area contributed by atoms with Crippen LogP contribution in [-0.4, -0.2) is 18.2 Å². The van der Waals surface area contributed by atoms with Gasteiger partial charge in [0.05, 0.1) is 6.54 Å². The second-order valence-electron chi connectivity index (χ2n) is 4.64. The molecule has 0 radical (unpaired) electrons. The van der Waals surface area contributed by atoms with Crippen LogP contribution < -0.4 is 10.7 Å². The molecule has 4 nitrogen and oxygen atoms in total. The van der Waals surface area contributed by atoms with E-state index in [1.165, 1.54) is 18.4 Å². The van der Waals surface area contributed by atoms with Crippen molar-refractivity contribution < 1.29 is 4.79 Å². The Kier molecular flexibility index (Phi) is 4.34. The molecule has 4 heteroatoms. The molecule has 1 amide bonds. The molecule has 0 heterocycles. The number of rotatable bonds is 4. The normalized spacial score (nSPS) is 14.4. The maximum absolute atomic E-state index is 11.6. The van der Waals surface area contributed by atoms with Crippen LogP contribution in [0.2, 0.25) is 0 Å². The van der Waals surface area contributed by atoms with E-state index in [4.69, 9.17) is 0 Å². The van der Waals surface area contributed by atoms with Gasteiger partial charge in [0.2, 0.25) is 0 Å². The lowest BCUT2D eigenvalue weighted by molar-refractivity contribution is -0.119. The highest BCUT2D eigenvalue weighted by Gasteiger charge is 2.08. The summed E-state index contributed by atoms with van der Waals surface area (Å²) < 4.78 is 0. The summed E-state index contributed by atoms with van der Waals surface area (Å²) >= 11 is 0. The molecule has 0 unspecified atom stereocenters. The van der Waals surface area contributed by atoms with Crippen LogP contribution in [0.3, 0.4) is 0 Å². The third-order valence-electron chi connectivity index (χ3n) is 3.02. The van der Waals surface area contributed by atoms with E-state index in [0.717, 1.165) is 24.2 Å². The number of aryl methyl sites for hydroxylation is 1. The Balaban J connectivity index is 1.74. The van der Waals surface area contributed by atoms with Gasteiger partial charge in [-0.15, -0.1) is 0 Å². The molecule has 1 aliphatic carbocycles. The van der Waals surface area contributed by atoms with Crippen molar-refractivity contribution in [2.45, 2.75) is 32.6 Å². The summed E-state index contributed by atoms with van der Waals surface area (Å²) in [5.41, 5.74) is 5.86.